The second-order valence-corrected chi connectivity index (χ2v) is 8.77. The third-order valence-electron chi connectivity index (χ3n) is 5.21. The number of ether oxygens (including phenoxy) is 2. The molecule has 28 heavy (non-hydrogen) atoms. The van der Waals surface area contributed by atoms with Gasteiger partial charge in [0.1, 0.15) is 11.4 Å². The van der Waals surface area contributed by atoms with Crippen LogP contribution in [0.25, 0.3) is 0 Å². The largest absolute Gasteiger partial charge is 0.488 e. The molecule has 6 heteroatoms. The van der Waals surface area contributed by atoms with Gasteiger partial charge in [0.05, 0.1) is 11.8 Å². The first-order chi connectivity index (χ1) is 13.4. The number of piperidine rings is 1. The Balaban J connectivity index is 1.74. The lowest BCUT2D eigenvalue weighted by molar-refractivity contribution is 0.0499. The van der Waals surface area contributed by atoms with Gasteiger partial charge in [0.25, 0.3) is 0 Å². The standard InChI is InChI=1S/C22H32N2O4/c1-22(2,3)28-21(26)23-17-9-7-13-24(14-17)20-16(15-25)8-6-12-19(20)27-18-10-4-5-11-18/h6,8,12,15,17-18H,4-5,7,9-11,13-14H2,1-3H3,(H,23,26). The lowest BCUT2D eigenvalue weighted by Crippen LogP contribution is -2.49. The Morgan fingerprint density at radius 1 is 1.18 bits per heavy atom. The van der Waals surface area contributed by atoms with Gasteiger partial charge in [0.2, 0.25) is 0 Å². The molecule has 3 rings (SSSR count). The van der Waals surface area contributed by atoms with Crippen LogP contribution in [0.4, 0.5) is 10.5 Å². The molecular weight excluding hydrogens is 356 g/mol. The van der Waals surface area contributed by atoms with Crippen molar-refractivity contribution in [3.05, 3.63) is 23.8 Å². The van der Waals surface area contributed by atoms with Crippen LogP contribution in [-0.2, 0) is 4.74 Å². The number of hydrogen-bond donors (Lipinski definition) is 1. The molecule has 1 atom stereocenters. The van der Waals surface area contributed by atoms with E-state index < -0.39 is 11.7 Å². The van der Waals surface area contributed by atoms with Crippen molar-refractivity contribution in [1.82, 2.24) is 5.32 Å². The molecule has 0 aromatic heterocycles. The molecule has 1 saturated heterocycles. The summed E-state index contributed by atoms with van der Waals surface area (Å²) >= 11 is 0. The smallest absolute Gasteiger partial charge is 0.407 e. The summed E-state index contributed by atoms with van der Waals surface area (Å²) in [7, 11) is 0. The number of amides is 1. The van der Waals surface area contributed by atoms with E-state index in [0.717, 1.165) is 50.0 Å². The summed E-state index contributed by atoms with van der Waals surface area (Å²) in [4.78, 5) is 26.0. The predicted molar refractivity (Wildman–Crippen MR) is 109 cm³/mol. The Hall–Kier alpha value is -2.24. The van der Waals surface area contributed by atoms with Gasteiger partial charge in [-0.25, -0.2) is 4.79 Å². The minimum atomic E-state index is -0.523. The third-order valence-corrected chi connectivity index (χ3v) is 5.21. The molecule has 1 aromatic rings. The Kier molecular flexibility index (Phi) is 6.47. The van der Waals surface area contributed by atoms with Crippen molar-refractivity contribution in [2.45, 2.75) is 77.0 Å². The molecule has 1 aliphatic heterocycles. The first-order valence-electron chi connectivity index (χ1n) is 10.3. The minimum absolute atomic E-state index is 0.0253. The number of nitrogens with zero attached hydrogens (tertiary/aromatic N) is 1. The average Bonchev–Trinajstić information content (AvgIpc) is 3.13. The Morgan fingerprint density at radius 2 is 1.93 bits per heavy atom. The number of alkyl carbamates (subject to hydrolysis) is 1. The van der Waals surface area contributed by atoms with E-state index in [2.05, 4.69) is 10.2 Å². The van der Waals surface area contributed by atoms with Gasteiger partial charge in [-0.05, 0) is 71.4 Å². The highest BCUT2D eigenvalue weighted by molar-refractivity contribution is 5.87. The van der Waals surface area contributed by atoms with Crippen LogP contribution in [0.1, 0.15) is 69.7 Å². The van der Waals surface area contributed by atoms with E-state index >= 15 is 0 Å². The van der Waals surface area contributed by atoms with Gasteiger partial charge in [-0.1, -0.05) is 6.07 Å². The number of carbonyl (C=O) groups excluding carboxylic acids is 2. The molecule has 1 amide bonds. The first kappa shape index (κ1) is 20.5. The maximum Gasteiger partial charge on any atom is 0.407 e. The minimum Gasteiger partial charge on any atom is -0.488 e. The fraction of sp³-hybridized carbons (Fsp3) is 0.636. The number of para-hydroxylation sites is 1. The number of carbonyl (C=O) groups is 2. The zero-order valence-electron chi connectivity index (χ0n) is 17.2. The molecule has 2 aliphatic rings. The van der Waals surface area contributed by atoms with Gasteiger partial charge in [0.15, 0.2) is 6.29 Å². The van der Waals surface area contributed by atoms with E-state index in [1.807, 2.05) is 39.0 Å². The van der Waals surface area contributed by atoms with Crippen LogP contribution in [0.5, 0.6) is 5.75 Å². The molecule has 1 aliphatic carbocycles. The second kappa shape index (κ2) is 8.84. The number of benzene rings is 1. The van der Waals surface area contributed by atoms with E-state index in [0.29, 0.717) is 12.1 Å². The first-order valence-corrected chi connectivity index (χ1v) is 10.3. The third kappa shape index (κ3) is 5.40. The van der Waals surface area contributed by atoms with Crippen molar-refractivity contribution in [3.63, 3.8) is 0 Å². The molecule has 0 radical (unpaired) electrons. The van der Waals surface area contributed by atoms with Gasteiger partial charge in [-0.15, -0.1) is 0 Å². The van der Waals surface area contributed by atoms with Crippen molar-refractivity contribution >= 4 is 18.1 Å². The molecule has 6 nitrogen and oxygen atoms in total. The van der Waals surface area contributed by atoms with Crippen LogP contribution in [0.2, 0.25) is 0 Å². The van der Waals surface area contributed by atoms with Gasteiger partial charge in [0, 0.05) is 24.7 Å². The molecular formula is C22H32N2O4. The number of aldehydes is 1. The van der Waals surface area contributed by atoms with E-state index in [1.165, 1.54) is 12.8 Å². The summed E-state index contributed by atoms with van der Waals surface area (Å²) in [5.74, 6) is 0.773. The maximum atomic E-state index is 12.2. The fourth-order valence-corrected chi connectivity index (χ4v) is 4.03. The summed E-state index contributed by atoms with van der Waals surface area (Å²) in [6.07, 6.45) is 7.04. The summed E-state index contributed by atoms with van der Waals surface area (Å²) in [6, 6.07) is 5.63. The van der Waals surface area contributed by atoms with Crippen LogP contribution in [0.3, 0.4) is 0 Å². The molecule has 1 saturated carbocycles. The van der Waals surface area contributed by atoms with E-state index in [1.54, 1.807) is 0 Å². The number of rotatable bonds is 5. The lowest BCUT2D eigenvalue weighted by Gasteiger charge is -2.36. The highest BCUT2D eigenvalue weighted by Crippen LogP contribution is 2.36. The number of nitrogens with one attached hydrogen (secondary N) is 1. The summed E-state index contributed by atoms with van der Waals surface area (Å²) in [5, 5.41) is 2.97. The molecule has 1 unspecified atom stereocenters. The van der Waals surface area contributed by atoms with E-state index in [9.17, 15) is 9.59 Å². The average molecular weight is 389 g/mol. The summed E-state index contributed by atoms with van der Waals surface area (Å²) in [5.41, 5.74) is 0.957. The van der Waals surface area contributed by atoms with Crippen molar-refractivity contribution in [1.29, 1.82) is 0 Å². The summed E-state index contributed by atoms with van der Waals surface area (Å²) in [6.45, 7) is 7.02. The molecule has 154 valence electrons. The monoisotopic (exact) mass is 388 g/mol. The quantitative estimate of drug-likeness (QED) is 0.761. The zero-order chi connectivity index (χ0) is 20.1. The fourth-order valence-electron chi connectivity index (χ4n) is 4.03. The predicted octanol–water partition coefficient (Wildman–Crippen LogP) is 4.31. The number of anilines is 1. The van der Waals surface area contributed by atoms with Gasteiger partial charge < -0.3 is 19.7 Å². The van der Waals surface area contributed by atoms with Crippen LogP contribution in [-0.4, -0.2) is 43.2 Å². The van der Waals surface area contributed by atoms with Gasteiger partial charge in [-0.3, -0.25) is 4.79 Å². The SMILES string of the molecule is CC(C)(C)OC(=O)NC1CCCN(c2c(C=O)cccc2OC2CCCC2)C1. The van der Waals surface area contributed by atoms with Gasteiger partial charge in [-0.2, -0.15) is 0 Å². The van der Waals surface area contributed by atoms with Crippen LogP contribution in [0, 0.1) is 0 Å². The molecule has 2 fully saturated rings. The van der Waals surface area contributed by atoms with Crippen molar-refractivity contribution < 1.29 is 19.1 Å². The number of hydrogen-bond acceptors (Lipinski definition) is 5. The van der Waals surface area contributed by atoms with Crippen molar-refractivity contribution in [3.8, 4) is 5.75 Å². The van der Waals surface area contributed by atoms with Gasteiger partial charge >= 0.3 is 6.09 Å². The summed E-state index contributed by atoms with van der Waals surface area (Å²) < 4.78 is 11.7. The molecule has 0 spiro atoms. The Labute approximate surface area is 167 Å². The maximum absolute atomic E-state index is 12.2. The Bertz CT molecular complexity index is 692. The molecule has 1 N–H and O–H groups in total. The van der Waals surface area contributed by atoms with Crippen LogP contribution >= 0.6 is 0 Å². The molecule has 1 aromatic carbocycles. The van der Waals surface area contributed by atoms with Crippen molar-refractivity contribution in [2.75, 3.05) is 18.0 Å². The highest BCUT2D eigenvalue weighted by atomic mass is 16.6. The normalized spacial score (nSPS) is 20.7. The lowest BCUT2D eigenvalue weighted by atomic mass is 10.0. The second-order valence-electron chi connectivity index (χ2n) is 8.77. The topological polar surface area (TPSA) is 67.9 Å². The highest BCUT2D eigenvalue weighted by Gasteiger charge is 2.28. The van der Waals surface area contributed by atoms with E-state index in [4.69, 9.17) is 9.47 Å². The van der Waals surface area contributed by atoms with Crippen LogP contribution < -0.4 is 15.0 Å². The molecule has 0 bridgehead atoms. The van der Waals surface area contributed by atoms with Crippen LogP contribution in [0.15, 0.2) is 18.2 Å². The molecule has 1 heterocycles. The Morgan fingerprint density at radius 3 is 2.61 bits per heavy atom. The van der Waals surface area contributed by atoms with E-state index in [-0.39, 0.29) is 12.1 Å². The zero-order valence-corrected chi connectivity index (χ0v) is 17.2. The van der Waals surface area contributed by atoms with Crippen molar-refractivity contribution in [2.24, 2.45) is 0 Å².